The topological polar surface area (TPSA) is 108 Å². The van der Waals surface area contributed by atoms with Crippen LogP contribution in [0.3, 0.4) is 0 Å². The van der Waals surface area contributed by atoms with Gasteiger partial charge < -0.3 is 28.8 Å². The number of phosphoric ester groups is 1. The van der Waals surface area contributed by atoms with Crippen LogP contribution in [-0.4, -0.2) is 68.5 Å². The van der Waals surface area contributed by atoms with Gasteiger partial charge in [-0.1, -0.05) is 144 Å². The second kappa shape index (κ2) is 34.4. The largest absolute Gasteiger partial charge is 0.756 e. The van der Waals surface area contributed by atoms with E-state index in [1.807, 2.05) is 34.1 Å². The Kier molecular flexibility index (Phi) is 32.9. The van der Waals surface area contributed by atoms with E-state index in [1.165, 1.54) is 25.7 Å². The number of amides is 1. The van der Waals surface area contributed by atoms with E-state index in [-0.39, 0.29) is 12.5 Å². The number of allylic oxidation sites excluding steroid dienone is 13. The number of hydrogen-bond acceptors (Lipinski definition) is 6. The summed E-state index contributed by atoms with van der Waals surface area (Å²) in [5, 5.41) is 13.4. The van der Waals surface area contributed by atoms with Crippen LogP contribution in [-0.2, 0) is 18.4 Å². The molecule has 0 bridgehead atoms. The van der Waals surface area contributed by atoms with E-state index < -0.39 is 26.6 Å². The third-order valence-corrected chi connectivity index (χ3v) is 9.06. The molecule has 0 aliphatic heterocycles. The van der Waals surface area contributed by atoms with E-state index in [1.54, 1.807) is 6.08 Å². The van der Waals surface area contributed by atoms with Crippen molar-refractivity contribution in [3.63, 3.8) is 0 Å². The number of quaternary nitrogens is 1. The highest BCUT2D eigenvalue weighted by atomic mass is 31.2. The van der Waals surface area contributed by atoms with Gasteiger partial charge in [0.25, 0.3) is 7.82 Å². The van der Waals surface area contributed by atoms with Crippen molar-refractivity contribution in [1.29, 1.82) is 0 Å². The van der Waals surface area contributed by atoms with Crippen LogP contribution in [0.4, 0.5) is 0 Å². The lowest BCUT2D eigenvalue weighted by Gasteiger charge is -2.29. The van der Waals surface area contributed by atoms with Gasteiger partial charge in [0.15, 0.2) is 0 Å². The Balaban J connectivity index is 4.02. The van der Waals surface area contributed by atoms with E-state index >= 15 is 0 Å². The Labute approximate surface area is 318 Å². The second-order valence-electron chi connectivity index (χ2n) is 14.3. The number of aliphatic hydroxyl groups excluding tert-OH is 1. The van der Waals surface area contributed by atoms with Crippen molar-refractivity contribution in [1.82, 2.24) is 5.32 Å². The van der Waals surface area contributed by atoms with Gasteiger partial charge >= 0.3 is 0 Å². The lowest BCUT2D eigenvalue weighted by Crippen LogP contribution is -2.45. The summed E-state index contributed by atoms with van der Waals surface area (Å²) in [6.07, 6.45) is 47.2. The van der Waals surface area contributed by atoms with Crippen molar-refractivity contribution in [2.24, 2.45) is 0 Å². The molecule has 9 heteroatoms. The molecule has 0 aromatic carbocycles. The maximum atomic E-state index is 12.6. The first-order valence-electron chi connectivity index (χ1n) is 19.9. The van der Waals surface area contributed by atoms with Gasteiger partial charge in [0, 0.05) is 6.42 Å². The molecule has 0 spiro atoms. The van der Waals surface area contributed by atoms with Crippen LogP contribution in [0.15, 0.2) is 85.1 Å². The van der Waals surface area contributed by atoms with Crippen molar-refractivity contribution in [3.05, 3.63) is 85.1 Å². The molecule has 0 saturated heterocycles. The van der Waals surface area contributed by atoms with Crippen LogP contribution in [0.1, 0.15) is 129 Å². The molecule has 3 unspecified atom stereocenters. The summed E-state index contributed by atoms with van der Waals surface area (Å²) < 4.78 is 22.8. The molecule has 2 N–H and O–H groups in total. The second-order valence-corrected chi connectivity index (χ2v) is 15.7. The fourth-order valence-electron chi connectivity index (χ4n) is 4.92. The minimum Gasteiger partial charge on any atom is -0.756 e. The molecule has 0 saturated carbocycles. The molecule has 0 aromatic heterocycles. The number of hydrogen-bond donors (Lipinski definition) is 2. The molecule has 0 aliphatic rings. The minimum atomic E-state index is -4.57. The molecular weight excluding hydrogens is 671 g/mol. The third-order valence-electron chi connectivity index (χ3n) is 8.09. The predicted octanol–water partition coefficient (Wildman–Crippen LogP) is 9.99. The average molecular weight is 747 g/mol. The highest BCUT2D eigenvalue weighted by Gasteiger charge is 2.23. The minimum absolute atomic E-state index is 0.00934. The van der Waals surface area contributed by atoms with Crippen molar-refractivity contribution in [2.75, 3.05) is 40.9 Å². The number of likely N-dealkylation sites (N-methyl/N-ethyl adjacent to an activating group) is 1. The fraction of sp³-hybridized carbons (Fsp3) is 0.651. The van der Waals surface area contributed by atoms with Crippen LogP contribution in [0.25, 0.3) is 0 Å². The first kappa shape index (κ1) is 49.7. The van der Waals surface area contributed by atoms with Crippen molar-refractivity contribution >= 4 is 13.7 Å². The predicted molar refractivity (Wildman–Crippen MR) is 219 cm³/mol. The molecule has 52 heavy (non-hydrogen) atoms. The number of nitrogens with zero attached hydrogens (tertiary/aromatic N) is 1. The highest BCUT2D eigenvalue weighted by molar-refractivity contribution is 7.45. The Morgan fingerprint density at radius 2 is 1.17 bits per heavy atom. The van der Waals surface area contributed by atoms with E-state index in [4.69, 9.17) is 9.05 Å². The zero-order valence-electron chi connectivity index (χ0n) is 33.5. The standard InChI is InChI=1S/C43H75N2O6P/c1-6-8-10-11-12-13-14-15-16-17-18-19-20-21-22-23-24-25-26-27-28-29-30-31-32-33-35-37-43(47)44-41(42(46)36-34-9-7-2)40-51-52(48,49)50-39-38-45(3,4)5/h8,10,12-13,15-16,18-19,21-22,24-25,34,36,41-42,46H,6-7,9,11,14,17,20,23,26-33,35,37-40H2,1-5H3,(H-,44,47,48,49)/b10-8-,13-12-,16-15-,19-18-,22-21-,25-24-,36-34+. The lowest BCUT2D eigenvalue weighted by atomic mass is 10.1. The summed E-state index contributed by atoms with van der Waals surface area (Å²) in [5.74, 6) is -0.224. The smallest absolute Gasteiger partial charge is 0.268 e. The number of unbranched alkanes of at least 4 members (excludes halogenated alkanes) is 9. The molecule has 0 rings (SSSR count). The molecule has 0 aromatic rings. The number of carbonyl (C=O) groups is 1. The summed E-state index contributed by atoms with van der Waals surface area (Å²) in [6.45, 7) is 4.26. The molecule has 0 heterocycles. The van der Waals surface area contributed by atoms with Crippen molar-refractivity contribution < 1.29 is 32.9 Å². The Bertz CT molecular complexity index is 1120. The lowest BCUT2D eigenvalue weighted by molar-refractivity contribution is -0.870. The Hall–Kier alpha value is -2.32. The quantitative estimate of drug-likeness (QED) is 0.0294. The van der Waals surface area contributed by atoms with Crippen LogP contribution in [0.5, 0.6) is 0 Å². The zero-order chi connectivity index (χ0) is 38.6. The first-order chi connectivity index (χ1) is 25.0. The van der Waals surface area contributed by atoms with Gasteiger partial charge in [-0.25, -0.2) is 0 Å². The van der Waals surface area contributed by atoms with Gasteiger partial charge in [0.2, 0.25) is 5.91 Å². The fourth-order valence-corrected chi connectivity index (χ4v) is 5.65. The van der Waals surface area contributed by atoms with Crippen LogP contribution in [0, 0.1) is 0 Å². The SMILES string of the molecule is CC/C=C\C/C=C\C/C=C\C/C=C\C/C=C\C/C=C\CCCCCCCCCCC(=O)NC(COP(=O)([O-])OCC[N+](C)(C)C)C(O)/C=C/CCC. The van der Waals surface area contributed by atoms with Gasteiger partial charge in [-0.2, -0.15) is 0 Å². The van der Waals surface area contributed by atoms with Gasteiger partial charge in [-0.15, -0.1) is 0 Å². The average Bonchev–Trinajstić information content (AvgIpc) is 3.09. The molecule has 3 atom stereocenters. The summed E-state index contributed by atoms with van der Waals surface area (Å²) >= 11 is 0. The van der Waals surface area contributed by atoms with Crippen molar-refractivity contribution in [2.45, 2.75) is 142 Å². The maximum absolute atomic E-state index is 12.6. The van der Waals surface area contributed by atoms with Gasteiger partial charge in [0.05, 0.1) is 39.9 Å². The molecular formula is C43H75N2O6P. The number of nitrogens with one attached hydrogen (secondary N) is 1. The van der Waals surface area contributed by atoms with E-state index in [0.717, 1.165) is 83.5 Å². The number of carbonyl (C=O) groups excluding carboxylic acids is 1. The molecule has 0 radical (unpaired) electrons. The summed E-state index contributed by atoms with van der Waals surface area (Å²) in [6, 6.07) is -0.891. The van der Waals surface area contributed by atoms with Crippen LogP contribution < -0.4 is 10.2 Å². The van der Waals surface area contributed by atoms with Crippen molar-refractivity contribution in [3.8, 4) is 0 Å². The molecule has 1 amide bonds. The summed E-state index contributed by atoms with van der Waals surface area (Å²) in [4.78, 5) is 24.9. The number of rotatable bonds is 34. The maximum Gasteiger partial charge on any atom is 0.268 e. The zero-order valence-corrected chi connectivity index (χ0v) is 34.4. The normalized spacial score (nSPS) is 15.4. The monoisotopic (exact) mass is 747 g/mol. The van der Waals surface area contributed by atoms with E-state index in [0.29, 0.717) is 17.4 Å². The van der Waals surface area contributed by atoms with Gasteiger partial charge in [-0.05, 0) is 64.2 Å². The third kappa shape index (κ3) is 36.1. The summed E-state index contributed by atoms with van der Waals surface area (Å²) in [7, 11) is 1.23. The molecule has 298 valence electrons. The van der Waals surface area contributed by atoms with Gasteiger partial charge in [-0.3, -0.25) is 9.36 Å². The molecule has 8 nitrogen and oxygen atoms in total. The Morgan fingerprint density at radius 1 is 0.692 bits per heavy atom. The number of phosphoric acid groups is 1. The first-order valence-corrected chi connectivity index (χ1v) is 21.4. The van der Waals surface area contributed by atoms with E-state index in [9.17, 15) is 19.4 Å². The molecule has 0 aliphatic carbocycles. The Morgan fingerprint density at radius 3 is 1.67 bits per heavy atom. The van der Waals surface area contributed by atoms with Crippen LogP contribution in [0.2, 0.25) is 0 Å². The van der Waals surface area contributed by atoms with Gasteiger partial charge in [0.1, 0.15) is 13.2 Å². The van der Waals surface area contributed by atoms with E-state index in [2.05, 4.69) is 85.2 Å². The highest BCUT2D eigenvalue weighted by Crippen LogP contribution is 2.38. The molecule has 0 fully saturated rings. The summed E-state index contributed by atoms with van der Waals surface area (Å²) in [5.41, 5.74) is 0. The van der Waals surface area contributed by atoms with Crippen LogP contribution >= 0.6 is 7.82 Å². The number of aliphatic hydroxyl groups is 1.